The first-order valence-electron chi connectivity index (χ1n) is 7.81. The zero-order valence-corrected chi connectivity index (χ0v) is 12.9. The number of nitrogens with zero attached hydrogens (tertiary/aromatic N) is 1. The minimum Gasteiger partial charge on any atom is -0.369 e. The molecule has 1 saturated heterocycles. The lowest BCUT2D eigenvalue weighted by Crippen LogP contribution is -2.41. The van der Waals surface area contributed by atoms with Crippen molar-refractivity contribution in [1.29, 1.82) is 0 Å². The number of piperidine rings is 1. The van der Waals surface area contributed by atoms with Crippen LogP contribution in [0.15, 0.2) is 0 Å². The number of carbonyl (C=O) groups excluding carboxylic acids is 2. The van der Waals surface area contributed by atoms with Crippen LogP contribution in [0.3, 0.4) is 0 Å². The van der Waals surface area contributed by atoms with Crippen LogP contribution < -0.4 is 11.1 Å². The van der Waals surface area contributed by atoms with E-state index in [1.54, 1.807) is 6.92 Å². The van der Waals surface area contributed by atoms with Crippen molar-refractivity contribution in [3.63, 3.8) is 0 Å². The molecule has 2 atom stereocenters. The average molecular weight is 283 g/mol. The third kappa shape index (κ3) is 6.37. The van der Waals surface area contributed by atoms with Gasteiger partial charge in [-0.1, -0.05) is 13.8 Å². The third-order valence-corrected chi connectivity index (χ3v) is 4.02. The average Bonchev–Trinajstić information content (AvgIpc) is 2.43. The van der Waals surface area contributed by atoms with E-state index in [-0.39, 0.29) is 17.7 Å². The summed E-state index contributed by atoms with van der Waals surface area (Å²) in [7, 11) is 0. The molecular formula is C15H29N3O2. The highest BCUT2D eigenvalue weighted by molar-refractivity contribution is 5.79. The van der Waals surface area contributed by atoms with Gasteiger partial charge in [0.1, 0.15) is 0 Å². The predicted octanol–water partition coefficient (Wildman–Crippen LogP) is 1.13. The first-order valence-corrected chi connectivity index (χ1v) is 7.81. The molecule has 0 aromatic heterocycles. The van der Waals surface area contributed by atoms with Gasteiger partial charge in [-0.2, -0.15) is 0 Å². The van der Waals surface area contributed by atoms with E-state index in [0.717, 1.165) is 19.6 Å². The van der Waals surface area contributed by atoms with E-state index in [9.17, 15) is 9.59 Å². The molecular weight excluding hydrogens is 254 g/mol. The summed E-state index contributed by atoms with van der Waals surface area (Å²) in [5.74, 6) is 0.0364. The Hall–Kier alpha value is -1.10. The molecule has 1 rings (SSSR count). The molecule has 3 N–H and O–H groups in total. The van der Waals surface area contributed by atoms with Gasteiger partial charge in [0.25, 0.3) is 0 Å². The molecule has 0 spiro atoms. The minimum absolute atomic E-state index is 0.0331. The van der Waals surface area contributed by atoms with Crippen molar-refractivity contribution in [2.24, 2.45) is 17.6 Å². The summed E-state index contributed by atoms with van der Waals surface area (Å²) in [5.41, 5.74) is 5.18. The van der Waals surface area contributed by atoms with E-state index in [2.05, 4.69) is 17.1 Å². The lowest BCUT2D eigenvalue weighted by molar-refractivity contribution is -0.123. The van der Waals surface area contributed by atoms with Gasteiger partial charge in [-0.25, -0.2) is 0 Å². The van der Waals surface area contributed by atoms with Crippen molar-refractivity contribution in [2.45, 2.75) is 46.0 Å². The summed E-state index contributed by atoms with van der Waals surface area (Å²) < 4.78 is 0. The molecule has 1 aliphatic heterocycles. The summed E-state index contributed by atoms with van der Waals surface area (Å²) in [6, 6.07) is 0. The molecule has 0 bridgehead atoms. The normalized spacial score (nSPS) is 21.4. The quantitative estimate of drug-likeness (QED) is 0.701. The number of carbonyl (C=O) groups is 2. The molecule has 0 aromatic carbocycles. The van der Waals surface area contributed by atoms with E-state index >= 15 is 0 Å². The molecule has 20 heavy (non-hydrogen) atoms. The molecule has 2 amide bonds. The Morgan fingerprint density at radius 1 is 1.45 bits per heavy atom. The van der Waals surface area contributed by atoms with Crippen LogP contribution in [0.5, 0.6) is 0 Å². The molecule has 116 valence electrons. The highest BCUT2D eigenvalue weighted by atomic mass is 16.2. The maximum Gasteiger partial charge on any atom is 0.220 e. The Morgan fingerprint density at radius 3 is 2.85 bits per heavy atom. The monoisotopic (exact) mass is 283 g/mol. The Labute approximate surface area is 122 Å². The largest absolute Gasteiger partial charge is 0.369 e. The number of nitrogens with two attached hydrogens (primary N) is 1. The van der Waals surface area contributed by atoms with Crippen LogP contribution in [0.25, 0.3) is 0 Å². The lowest BCUT2D eigenvalue weighted by Gasteiger charge is -2.32. The number of nitrogens with one attached hydrogen (secondary N) is 1. The SMILES string of the molecule is CCCN1CCC[C@@H](CNC(=O)CCC(C)C(N)=O)C1. The maximum absolute atomic E-state index is 11.7. The van der Waals surface area contributed by atoms with E-state index in [1.165, 1.54) is 25.8 Å². The fourth-order valence-corrected chi connectivity index (χ4v) is 2.67. The zero-order valence-electron chi connectivity index (χ0n) is 12.9. The third-order valence-electron chi connectivity index (χ3n) is 4.02. The fraction of sp³-hybridized carbons (Fsp3) is 0.867. The lowest BCUT2D eigenvalue weighted by atomic mass is 9.97. The van der Waals surface area contributed by atoms with Crippen molar-refractivity contribution in [2.75, 3.05) is 26.2 Å². The van der Waals surface area contributed by atoms with Gasteiger partial charge in [-0.3, -0.25) is 9.59 Å². The van der Waals surface area contributed by atoms with Crippen molar-refractivity contribution in [3.8, 4) is 0 Å². The molecule has 1 heterocycles. The van der Waals surface area contributed by atoms with Crippen LogP contribution in [0.4, 0.5) is 0 Å². The Kier molecular flexibility index (Phi) is 7.59. The Balaban J connectivity index is 2.18. The standard InChI is InChI=1S/C15H29N3O2/c1-3-8-18-9-4-5-13(11-18)10-17-14(19)7-6-12(2)15(16)20/h12-13H,3-11H2,1-2H3,(H2,16,20)(H,17,19)/t12?,13-/m0/s1. The van der Waals surface area contributed by atoms with Crippen LogP contribution in [0.1, 0.15) is 46.0 Å². The van der Waals surface area contributed by atoms with Crippen molar-refractivity contribution in [1.82, 2.24) is 10.2 Å². The zero-order chi connectivity index (χ0) is 15.0. The van der Waals surface area contributed by atoms with Crippen LogP contribution in [0, 0.1) is 11.8 Å². The van der Waals surface area contributed by atoms with Crippen molar-refractivity contribution >= 4 is 11.8 Å². The van der Waals surface area contributed by atoms with Gasteiger partial charge in [0.2, 0.25) is 11.8 Å². The summed E-state index contributed by atoms with van der Waals surface area (Å²) >= 11 is 0. The van der Waals surface area contributed by atoms with Crippen molar-refractivity contribution in [3.05, 3.63) is 0 Å². The molecule has 1 aliphatic rings. The molecule has 0 aliphatic carbocycles. The maximum atomic E-state index is 11.7. The van der Waals surface area contributed by atoms with Crippen molar-refractivity contribution < 1.29 is 9.59 Å². The molecule has 1 fully saturated rings. The highest BCUT2D eigenvalue weighted by Crippen LogP contribution is 2.16. The van der Waals surface area contributed by atoms with E-state index in [0.29, 0.717) is 18.8 Å². The number of primary amides is 1. The second-order valence-corrected chi connectivity index (χ2v) is 5.96. The molecule has 5 nitrogen and oxygen atoms in total. The van der Waals surface area contributed by atoms with Gasteiger partial charge in [-0.05, 0) is 44.7 Å². The number of hydrogen-bond donors (Lipinski definition) is 2. The summed E-state index contributed by atoms with van der Waals surface area (Å²) in [4.78, 5) is 25.1. The second kappa shape index (κ2) is 8.95. The van der Waals surface area contributed by atoms with Gasteiger partial charge in [0.15, 0.2) is 0 Å². The number of amides is 2. The first kappa shape index (κ1) is 17.0. The van der Waals surface area contributed by atoms with Crippen LogP contribution in [-0.2, 0) is 9.59 Å². The minimum atomic E-state index is -0.333. The molecule has 0 radical (unpaired) electrons. The van der Waals surface area contributed by atoms with E-state index in [1.807, 2.05) is 0 Å². The Bertz CT molecular complexity index is 318. The summed E-state index contributed by atoms with van der Waals surface area (Å²) in [6.45, 7) is 8.15. The molecule has 0 saturated carbocycles. The number of rotatable bonds is 8. The van der Waals surface area contributed by atoms with Crippen LogP contribution in [0.2, 0.25) is 0 Å². The van der Waals surface area contributed by atoms with Gasteiger partial charge in [-0.15, -0.1) is 0 Å². The van der Waals surface area contributed by atoms with Crippen LogP contribution in [-0.4, -0.2) is 42.9 Å². The van der Waals surface area contributed by atoms with E-state index in [4.69, 9.17) is 5.73 Å². The Morgan fingerprint density at radius 2 is 2.20 bits per heavy atom. The second-order valence-electron chi connectivity index (χ2n) is 5.96. The number of likely N-dealkylation sites (tertiary alicyclic amines) is 1. The fourth-order valence-electron chi connectivity index (χ4n) is 2.67. The molecule has 0 aromatic rings. The first-order chi connectivity index (χ1) is 9.52. The molecule has 5 heteroatoms. The van der Waals surface area contributed by atoms with Gasteiger partial charge in [0, 0.05) is 25.4 Å². The van der Waals surface area contributed by atoms with Gasteiger partial charge >= 0.3 is 0 Å². The molecule has 1 unspecified atom stereocenters. The van der Waals surface area contributed by atoms with Gasteiger partial charge < -0.3 is 16.0 Å². The topological polar surface area (TPSA) is 75.4 Å². The summed E-state index contributed by atoms with van der Waals surface area (Å²) in [5, 5.41) is 2.99. The highest BCUT2D eigenvalue weighted by Gasteiger charge is 2.19. The number of hydrogen-bond acceptors (Lipinski definition) is 3. The smallest absolute Gasteiger partial charge is 0.220 e. The van der Waals surface area contributed by atoms with Crippen LogP contribution >= 0.6 is 0 Å². The predicted molar refractivity (Wildman–Crippen MR) is 80.1 cm³/mol. The van der Waals surface area contributed by atoms with Gasteiger partial charge in [0.05, 0.1) is 0 Å². The summed E-state index contributed by atoms with van der Waals surface area (Å²) in [6.07, 6.45) is 4.52. The van der Waals surface area contributed by atoms with E-state index < -0.39 is 0 Å².